The number of Topliss-reactive ketones (excluding diaryl/α,β-unsaturated/α-hetero) is 2. The second-order valence-electron chi connectivity index (χ2n) is 7.53. The molecule has 2 fully saturated rings. The molecule has 0 spiro atoms. The molecule has 0 aliphatic heterocycles. The molecule has 1 aromatic rings. The standard InChI is InChI=1S/C20H26O2/c1-13-4-5-14(2)15(12-13)6-7-16-17-8-9-19(22)20(17,3)11-10-18(16)21/h4-5,12,16-17H,6-11H2,1-3H3/t16-,17-,20-/m0/s1. The first-order valence-electron chi connectivity index (χ1n) is 8.54. The van der Waals surface area contributed by atoms with Crippen molar-refractivity contribution in [3.05, 3.63) is 34.9 Å². The van der Waals surface area contributed by atoms with E-state index in [0.717, 1.165) is 25.7 Å². The summed E-state index contributed by atoms with van der Waals surface area (Å²) in [4.78, 5) is 24.7. The summed E-state index contributed by atoms with van der Waals surface area (Å²) in [6.45, 7) is 6.35. The molecule has 22 heavy (non-hydrogen) atoms. The van der Waals surface area contributed by atoms with Crippen molar-refractivity contribution >= 4 is 11.6 Å². The number of fused-ring (bicyclic) bond motifs is 1. The van der Waals surface area contributed by atoms with Gasteiger partial charge in [0.25, 0.3) is 0 Å². The van der Waals surface area contributed by atoms with Gasteiger partial charge in [-0.2, -0.15) is 0 Å². The molecule has 3 rings (SSSR count). The number of benzene rings is 1. The maximum absolute atomic E-state index is 12.4. The predicted molar refractivity (Wildman–Crippen MR) is 87.8 cm³/mol. The van der Waals surface area contributed by atoms with Crippen LogP contribution in [0.15, 0.2) is 18.2 Å². The molecule has 2 aliphatic carbocycles. The van der Waals surface area contributed by atoms with Crippen LogP contribution < -0.4 is 0 Å². The Morgan fingerprint density at radius 3 is 2.73 bits per heavy atom. The van der Waals surface area contributed by atoms with Gasteiger partial charge in [-0.25, -0.2) is 0 Å². The lowest BCUT2D eigenvalue weighted by atomic mass is 9.62. The molecule has 2 aliphatic rings. The molecule has 2 saturated carbocycles. The minimum atomic E-state index is -0.222. The molecule has 0 N–H and O–H groups in total. The summed E-state index contributed by atoms with van der Waals surface area (Å²) >= 11 is 0. The van der Waals surface area contributed by atoms with Gasteiger partial charge in [-0.1, -0.05) is 30.7 Å². The minimum Gasteiger partial charge on any atom is -0.299 e. The molecule has 0 aromatic heterocycles. The van der Waals surface area contributed by atoms with Crippen LogP contribution in [0.25, 0.3) is 0 Å². The van der Waals surface area contributed by atoms with Crippen LogP contribution in [-0.4, -0.2) is 11.6 Å². The maximum Gasteiger partial charge on any atom is 0.139 e. The zero-order chi connectivity index (χ0) is 15.9. The summed E-state index contributed by atoms with van der Waals surface area (Å²) in [5.41, 5.74) is 3.71. The topological polar surface area (TPSA) is 34.1 Å². The van der Waals surface area contributed by atoms with Gasteiger partial charge in [0.05, 0.1) is 0 Å². The van der Waals surface area contributed by atoms with Gasteiger partial charge in [0.1, 0.15) is 11.6 Å². The van der Waals surface area contributed by atoms with Crippen molar-refractivity contribution in [3.8, 4) is 0 Å². The Hall–Kier alpha value is -1.44. The van der Waals surface area contributed by atoms with Gasteiger partial charge in [-0.3, -0.25) is 9.59 Å². The molecule has 2 heteroatoms. The first-order valence-corrected chi connectivity index (χ1v) is 8.54. The lowest BCUT2D eigenvalue weighted by Gasteiger charge is -2.39. The van der Waals surface area contributed by atoms with Gasteiger partial charge >= 0.3 is 0 Å². The Kier molecular flexibility index (Phi) is 3.96. The molecular weight excluding hydrogens is 272 g/mol. The number of carbonyl (C=O) groups is 2. The third-order valence-corrected chi connectivity index (χ3v) is 6.16. The van der Waals surface area contributed by atoms with Crippen molar-refractivity contribution < 1.29 is 9.59 Å². The molecule has 2 nitrogen and oxygen atoms in total. The maximum atomic E-state index is 12.4. The van der Waals surface area contributed by atoms with Crippen molar-refractivity contribution in [2.45, 2.75) is 59.3 Å². The number of hydrogen-bond donors (Lipinski definition) is 0. The highest BCUT2D eigenvalue weighted by molar-refractivity contribution is 5.92. The molecule has 0 heterocycles. The molecule has 3 atom stereocenters. The van der Waals surface area contributed by atoms with Gasteiger partial charge in [-0.15, -0.1) is 0 Å². The lowest BCUT2D eigenvalue weighted by Crippen LogP contribution is -2.42. The minimum absolute atomic E-state index is 0.0881. The fourth-order valence-corrected chi connectivity index (χ4v) is 4.60. The Morgan fingerprint density at radius 1 is 1.18 bits per heavy atom. The molecule has 0 bridgehead atoms. The van der Waals surface area contributed by atoms with E-state index in [1.165, 1.54) is 16.7 Å². The van der Waals surface area contributed by atoms with Crippen molar-refractivity contribution in [2.75, 3.05) is 0 Å². The number of aryl methyl sites for hydroxylation is 3. The Labute approximate surface area is 133 Å². The fraction of sp³-hybridized carbons (Fsp3) is 0.600. The third-order valence-electron chi connectivity index (χ3n) is 6.16. The van der Waals surface area contributed by atoms with E-state index >= 15 is 0 Å². The molecule has 0 saturated heterocycles. The molecule has 0 radical (unpaired) electrons. The third kappa shape index (κ3) is 2.53. The number of carbonyl (C=O) groups excluding carboxylic acids is 2. The summed E-state index contributed by atoms with van der Waals surface area (Å²) in [5, 5.41) is 0. The first kappa shape index (κ1) is 15.5. The van der Waals surface area contributed by atoms with Crippen molar-refractivity contribution in [2.24, 2.45) is 17.3 Å². The first-order chi connectivity index (χ1) is 10.4. The molecule has 1 aromatic carbocycles. The SMILES string of the molecule is Cc1ccc(C)c(CC[C@@H]2C(=O)CC[C@]3(C)C(=O)CC[C@@H]23)c1. The van der Waals surface area contributed by atoms with Crippen molar-refractivity contribution in [3.63, 3.8) is 0 Å². The molecule has 0 unspecified atom stereocenters. The van der Waals surface area contributed by atoms with E-state index < -0.39 is 0 Å². The normalized spacial score (nSPS) is 31.4. The molecular formula is C20H26O2. The second-order valence-corrected chi connectivity index (χ2v) is 7.53. The van der Waals surface area contributed by atoms with Crippen molar-refractivity contribution in [1.82, 2.24) is 0 Å². The van der Waals surface area contributed by atoms with E-state index in [2.05, 4.69) is 39.0 Å². The zero-order valence-electron chi connectivity index (χ0n) is 13.9. The van der Waals surface area contributed by atoms with Crippen LogP contribution in [-0.2, 0) is 16.0 Å². The summed E-state index contributed by atoms with van der Waals surface area (Å²) in [6.07, 6.45) is 4.81. The van der Waals surface area contributed by atoms with Gasteiger partial charge in [0.2, 0.25) is 0 Å². The van der Waals surface area contributed by atoms with E-state index in [0.29, 0.717) is 24.4 Å². The van der Waals surface area contributed by atoms with E-state index in [1.54, 1.807) is 0 Å². The van der Waals surface area contributed by atoms with Crippen LogP contribution in [0.4, 0.5) is 0 Å². The van der Waals surface area contributed by atoms with E-state index in [9.17, 15) is 9.59 Å². The number of rotatable bonds is 3. The number of hydrogen-bond acceptors (Lipinski definition) is 2. The van der Waals surface area contributed by atoms with Crippen molar-refractivity contribution in [1.29, 1.82) is 0 Å². The predicted octanol–water partition coefficient (Wildman–Crippen LogP) is 4.20. The van der Waals surface area contributed by atoms with Crippen LogP contribution >= 0.6 is 0 Å². The van der Waals surface area contributed by atoms with E-state index in [-0.39, 0.29) is 17.3 Å². The largest absolute Gasteiger partial charge is 0.299 e. The van der Waals surface area contributed by atoms with Gasteiger partial charge < -0.3 is 0 Å². The summed E-state index contributed by atoms with van der Waals surface area (Å²) in [7, 11) is 0. The second kappa shape index (κ2) is 5.64. The quantitative estimate of drug-likeness (QED) is 0.838. The molecule has 118 valence electrons. The highest BCUT2D eigenvalue weighted by Gasteiger charge is 2.53. The summed E-state index contributed by atoms with van der Waals surface area (Å²) < 4.78 is 0. The Morgan fingerprint density at radius 2 is 1.95 bits per heavy atom. The monoisotopic (exact) mass is 298 g/mol. The summed E-state index contributed by atoms with van der Waals surface area (Å²) in [6, 6.07) is 6.54. The highest BCUT2D eigenvalue weighted by atomic mass is 16.1. The van der Waals surface area contributed by atoms with Crippen LogP contribution in [0.2, 0.25) is 0 Å². The van der Waals surface area contributed by atoms with Gasteiger partial charge in [0, 0.05) is 24.2 Å². The molecule has 0 amide bonds. The number of ketones is 2. The fourth-order valence-electron chi connectivity index (χ4n) is 4.60. The van der Waals surface area contributed by atoms with E-state index in [1.807, 2.05) is 0 Å². The van der Waals surface area contributed by atoms with Gasteiger partial charge in [0.15, 0.2) is 0 Å². The lowest BCUT2D eigenvalue weighted by molar-refractivity contribution is -0.136. The average molecular weight is 298 g/mol. The Bertz CT molecular complexity index is 616. The van der Waals surface area contributed by atoms with Crippen LogP contribution in [0.1, 0.15) is 55.7 Å². The van der Waals surface area contributed by atoms with Gasteiger partial charge in [-0.05, 0) is 56.6 Å². The highest BCUT2D eigenvalue weighted by Crippen LogP contribution is 2.52. The smallest absolute Gasteiger partial charge is 0.139 e. The summed E-state index contributed by atoms with van der Waals surface area (Å²) in [5.74, 6) is 1.15. The zero-order valence-corrected chi connectivity index (χ0v) is 13.9. The van der Waals surface area contributed by atoms with E-state index in [4.69, 9.17) is 0 Å². The van der Waals surface area contributed by atoms with Crippen LogP contribution in [0, 0.1) is 31.1 Å². The van der Waals surface area contributed by atoms with Crippen LogP contribution in [0.3, 0.4) is 0 Å². The average Bonchev–Trinajstić information content (AvgIpc) is 2.78. The Balaban J connectivity index is 1.77. The van der Waals surface area contributed by atoms with Crippen LogP contribution in [0.5, 0.6) is 0 Å².